The number of ether oxygens (including phenoxy) is 1. The lowest BCUT2D eigenvalue weighted by atomic mass is 10.2. The highest BCUT2D eigenvalue weighted by molar-refractivity contribution is 7.99. The van der Waals surface area contributed by atoms with Crippen molar-refractivity contribution in [1.82, 2.24) is 24.1 Å². The Morgan fingerprint density at radius 1 is 1.14 bits per heavy atom. The third-order valence-corrected chi connectivity index (χ3v) is 5.44. The molecule has 2 aromatic heterocycles. The van der Waals surface area contributed by atoms with Crippen LogP contribution in [0.3, 0.4) is 0 Å². The molecule has 9 heteroatoms. The molecule has 0 radical (unpaired) electrons. The van der Waals surface area contributed by atoms with Crippen molar-refractivity contribution < 1.29 is 9.53 Å². The third kappa shape index (κ3) is 3.33. The van der Waals surface area contributed by atoms with Gasteiger partial charge in [-0.1, -0.05) is 30.0 Å². The van der Waals surface area contributed by atoms with Crippen LogP contribution in [0.15, 0.2) is 58.5 Å². The molecule has 29 heavy (non-hydrogen) atoms. The van der Waals surface area contributed by atoms with Crippen molar-refractivity contribution >= 4 is 34.3 Å². The predicted molar refractivity (Wildman–Crippen MR) is 112 cm³/mol. The quantitative estimate of drug-likeness (QED) is 0.470. The van der Waals surface area contributed by atoms with Crippen molar-refractivity contribution in [3.63, 3.8) is 0 Å². The number of carbonyl (C=O) groups excluding carboxylic acids is 1. The minimum absolute atomic E-state index is 0.0304. The summed E-state index contributed by atoms with van der Waals surface area (Å²) in [6.45, 7) is 0. The molecule has 1 amide bonds. The Morgan fingerprint density at radius 3 is 2.69 bits per heavy atom. The molecule has 0 N–H and O–H groups in total. The maximum Gasteiger partial charge on any atom is 0.267 e. The van der Waals surface area contributed by atoms with Crippen LogP contribution in [-0.2, 0) is 4.79 Å². The van der Waals surface area contributed by atoms with E-state index >= 15 is 0 Å². The van der Waals surface area contributed by atoms with E-state index in [1.165, 1.54) is 21.2 Å². The molecule has 148 valence electrons. The topological polar surface area (TPSA) is 81.7 Å². The molecule has 4 aromatic rings. The Morgan fingerprint density at radius 2 is 1.93 bits per heavy atom. The van der Waals surface area contributed by atoms with E-state index in [-0.39, 0.29) is 17.2 Å². The van der Waals surface area contributed by atoms with E-state index in [4.69, 9.17) is 4.74 Å². The van der Waals surface area contributed by atoms with Gasteiger partial charge < -0.3 is 9.64 Å². The molecule has 8 nitrogen and oxygen atoms in total. The highest BCUT2D eigenvalue weighted by Crippen LogP contribution is 2.24. The van der Waals surface area contributed by atoms with Gasteiger partial charge in [0.15, 0.2) is 5.16 Å². The molecule has 0 aliphatic rings. The van der Waals surface area contributed by atoms with Crippen LogP contribution in [0.5, 0.6) is 5.75 Å². The SMILES string of the molecule is COc1cccc(-n2c(=O)c3ccccc3n3c(SCC(=O)N(C)C)nnc23)c1. The van der Waals surface area contributed by atoms with E-state index in [2.05, 4.69) is 10.2 Å². The highest BCUT2D eigenvalue weighted by atomic mass is 32.2. The van der Waals surface area contributed by atoms with Crippen LogP contribution in [0.4, 0.5) is 0 Å². The van der Waals surface area contributed by atoms with Gasteiger partial charge in [0.25, 0.3) is 5.56 Å². The normalized spacial score (nSPS) is 11.1. The molecule has 0 bridgehead atoms. The monoisotopic (exact) mass is 409 g/mol. The molecule has 0 atom stereocenters. The first-order valence-electron chi connectivity index (χ1n) is 8.87. The van der Waals surface area contributed by atoms with Gasteiger partial charge in [0.1, 0.15) is 5.75 Å². The smallest absolute Gasteiger partial charge is 0.267 e. The number of rotatable bonds is 5. The number of thioether (sulfide) groups is 1. The first kappa shape index (κ1) is 19.0. The van der Waals surface area contributed by atoms with Gasteiger partial charge in [-0.15, -0.1) is 10.2 Å². The number of amides is 1. The van der Waals surface area contributed by atoms with E-state index in [9.17, 15) is 9.59 Å². The van der Waals surface area contributed by atoms with Crippen LogP contribution in [0.1, 0.15) is 0 Å². The van der Waals surface area contributed by atoms with Gasteiger partial charge in [-0.2, -0.15) is 0 Å². The Bertz CT molecular complexity index is 1280. The molecule has 0 aliphatic carbocycles. The molecular weight excluding hydrogens is 390 g/mol. The fourth-order valence-corrected chi connectivity index (χ4v) is 3.93. The second kappa shape index (κ2) is 7.59. The van der Waals surface area contributed by atoms with E-state index in [0.717, 1.165) is 0 Å². The Labute approximate surface area is 170 Å². The predicted octanol–water partition coefficient (Wildman–Crippen LogP) is 2.22. The van der Waals surface area contributed by atoms with Gasteiger partial charge in [-0.3, -0.25) is 14.0 Å². The minimum atomic E-state index is -0.199. The molecule has 4 rings (SSSR count). The Hall–Kier alpha value is -3.33. The van der Waals surface area contributed by atoms with E-state index in [1.54, 1.807) is 33.3 Å². The van der Waals surface area contributed by atoms with Crippen molar-refractivity contribution in [2.45, 2.75) is 5.16 Å². The van der Waals surface area contributed by atoms with Gasteiger partial charge in [-0.05, 0) is 24.3 Å². The number of nitrogens with zero attached hydrogens (tertiary/aromatic N) is 5. The second-order valence-electron chi connectivity index (χ2n) is 6.55. The first-order valence-corrected chi connectivity index (χ1v) is 9.86. The fourth-order valence-electron chi connectivity index (χ4n) is 3.01. The van der Waals surface area contributed by atoms with Gasteiger partial charge in [0, 0.05) is 20.2 Å². The second-order valence-corrected chi connectivity index (χ2v) is 7.50. The largest absolute Gasteiger partial charge is 0.497 e. The molecule has 0 unspecified atom stereocenters. The number of methoxy groups -OCH3 is 1. The van der Waals surface area contributed by atoms with Crippen LogP contribution in [0, 0.1) is 0 Å². The number of para-hydroxylation sites is 1. The maximum atomic E-state index is 13.3. The molecule has 0 aliphatic heterocycles. The summed E-state index contributed by atoms with van der Waals surface area (Å²) in [5.74, 6) is 1.20. The van der Waals surface area contributed by atoms with Crippen LogP contribution in [0.25, 0.3) is 22.4 Å². The van der Waals surface area contributed by atoms with E-state index in [0.29, 0.717) is 33.3 Å². The lowest BCUT2D eigenvalue weighted by Gasteiger charge is -2.12. The van der Waals surface area contributed by atoms with Crippen molar-refractivity contribution in [3.8, 4) is 11.4 Å². The summed E-state index contributed by atoms with van der Waals surface area (Å²) in [7, 11) is 4.99. The zero-order chi connectivity index (χ0) is 20.5. The van der Waals surface area contributed by atoms with Crippen molar-refractivity contribution in [2.24, 2.45) is 0 Å². The summed E-state index contributed by atoms with van der Waals surface area (Å²) in [5.41, 5.74) is 1.12. The summed E-state index contributed by atoms with van der Waals surface area (Å²) in [5, 5.41) is 9.61. The van der Waals surface area contributed by atoms with Crippen LogP contribution in [0.2, 0.25) is 0 Å². The number of hydrogen-bond donors (Lipinski definition) is 0. The van der Waals surface area contributed by atoms with Crippen molar-refractivity contribution in [2.75, 3.05) is 27.0 Å². The van der Waals surface area contributed by atoms with Crippen LogP contribution >= 0.6 is 11.8 Å². The zero-order valence-electron chi connectivity index (χ0n) is 16.2. The molecule has 2 heterocycles. The lowest BCUT2D eigenvalue weighted by Crippen LogP contribution is -2.24. The van der Waals surface area contributed by atoms with Gasteiger partial charge in [0.2, 0.25) is 11.7 Å². The average molecular weight is 409 g/mol. The molecule has 0 saturated carbocycles. The molecule has 0 saturated heterocycles. The standard InChI is InChI=1S/C20H19N5O3S/c1-23(2)17(26)12-29-20-22-21-19-24(13-7-6-8-14(11-13)28-3)18(27)15-9-4-5-10-16(15)25(19)20/h4-11H,12H2,1-3H3. The summed E-state index contributed by atoms with van der Waals surface area (Å²) in [6.07, 6.45) is 0. The van der Waals surface area contributed by atoms with Crippen LogP contribution < -0.4 is 10.3 Å². The number of fused-ring (bicyclic) bond motifs is 3. The molecule has 0 fully saturated rings. The number of hydrogen-bond acceptors (Lipinski definition) is 6. The van der Waals surface area contributed by atoms with Gasteiger partial charge in [0.05, 0.1) is 29.5 Å². The van der Waals surface area contributed by atoms with E-state index in [1.807, 2.05) is 40.8 Å². The number of carbonyl (C=O) groups is 1. The Kier molecular flexibility index (Phi) is 4.98. The summed E-state index contributed by atoms with van der Waals surface area (Å²) >= 11 is 1.28. The molecular formula is C20H19N5O3S. The lowest BCUT2D eigenvalue weighted by molar-refractivity contribution is -0.125. The fraction of sp³-hybridized carbons (Fsp3) is 0.200. The maximum absolute atomic E-state index is 13.3. The summed E-state index contributed by atoms with van der Waals surface area (Å²) in [6, 6.07) is 14.5. The first-order chi connectivity index (χ1) is 14.0. The highest BCUT2D eigenvalue weighted by Gasteiger charge is 2.19. The van der Waals surface area contributed by atoms with Gasteiger partial charge >= 0.3 is 0 Å². The zero-order valence-corrected chi connectivity index (χ0v) is 17.0. The number of aromatic nitrogens is 4. The van der Waals surface area contributed by atoms with Crippen molar-refractivity contribution in [1.29, 1.82) is 0 Å². The average Bonchev–Trinajstić information content (AvgIpc) is 3.16. The van der Waals surface area contributed by atoms with Crippen molar-refractivity contribution in [3.05, 3.63) is 58.9 Å². The Balaban J connectivity index is 1.97. The third-order valence-electron chi connectivity index (χ3n) is 4.53. The minimum Gasteiger partial charge on any atom is -0.497 e. The van der Waals surface area contributed by atoms with Crippen LogP contribution in [-0.4, -0.2) is 56.9 Å². The molecule has 0 spiro atoms. The summed E-state index contributed by atoms with van der Waals surface area (Å²) < 4.78 is 8.62. The van der Waals surface area contributed by atoms with Gasteiger partial charge in [-0.25, -0.2) is 4.57 Å². The number of benzene rings is 2. The molecule has 2 aromatic carbocycles. The van der Waals surface area contributed by atoms with E-state index < -0.39 is 0 Å². The summed E-state index contributed by atoms with van der Waals surface area (Å²) in [4.78, 5) is 26.8.